The molecule has 252 valence electrons. The first-order valence-electron chi connectivity index (χ1n) is 18.3. The van der Waals surface area contributed by atoms with E-state index in [1.165, 1.54) is 74.7 Å². The van der Waals surface area contributed by atoms with Gasteiger partial charge in [0.1, 0.15) is 11.3 Å². The molecule has 0 aliphatic heterocycles. The molecular formula is C52H32OS. The molecule has 2 heteroatoms. The number of benzene rings is 9. The first-order valence-corrected chi connectivity index (χ1v) is 19.2. The van der Waals surface area contributed by atoms with E-state index in [9.17, 15) is 0 Å². The number of fused-ring (bicyclic) bond motifs is 7. The van der Waals surface area contributed by atoms with Crippen molar-refractivity contribution in [3.63, 3.8) is 0 Å². The molecule has 2 heterocycles. The van der Waals surface area contributed by atoms with Gasteiger partial charge in [-0.25, -0.2) is 0 Å². The van der Waals surface area contributed by atoms with Crippen LogP contribution in [0.2, 0.25) is 0 Å². The normalized spacial score (nSPS) is 11.8. The zero-order chi connectivity index (χ0) is 35.8. The average Bonchev–Trinajstić information content (AvgIpc) is 3.83. The minimum atomic E-state index is 0.856. The first-order chi connectivity index (χ1) is 26.7. The van der Waals surface area contributed by atoms with Crippen LogP contribution in [0.15, 0.2) is 193 Å². The summed E-state index contributed by atoms with van der Waals surface area (Å²) in [7, 11) is 0. The number of para-hydroxylation sites is 1. The molecule has 0 unspecified atom stereocenters. The third-order valence-corrected chi connectivity index (χ3v) is 12.1. The number of thiophene rings is 1. The van der Waals surface area contributed by atoms with Gasteiger partial charge in [-0.15, -0.1) is 11.3 Å². The molecule has 11 rings (SSSR count). The van der Waals surface area contributed by atoms with Gasteiger partial charge in [0.15, 0.2) is 0 Å². The molecule has 2 aromatic heterocycles. The predicted molar refractivity (Wildman–Crippen MR) is 233 cm³/mol. The van der Waals surface area contributed by atoms with Gasteiger partial charge in [0.05, 0.1) is 0 Å². The van der Waals surface area contributed by atoms with E-state index in [2.05, 4.69) is 170 Å². The van der Waals surface area contributed by atoms with Crippen LogP contribution in [-0.2, 0) is 0 Å². The third kappa shape index (κ3) is 4.85. The summed E-state index contributed by atoms with van der Waals surface area (Å²) in [6, 6.07) is 65.8. The summed E-state index contributed by atoms with van der Waals surface area (Å²) in [6.45, 7) is 4.74. The second-order valence-corrected chi connectivity index (χ2v) is 15.2. The molecule has 54 heavy (non-hydrogen) atoms. The van der Waals surface area contributed by atoms with E-state index >= 15 is 0 Å². The van der Waals surface area contributed by atoms with Crippen LogP contribution in [0.1, 0.15) is 11.1 Å². The fourth-order valence-corrected chi connectivity index (χ4v) is 9.57. The molecule has 0 amide bonds. The molecule has 9 aromatic carbocycles. The lowest BCUT2D eigenvalue weighted by atomic mass is 9.85. The zero-order valence-corrected chi connectivity index (χ0v) is 30.2. The Morgan fingerprint density at radius 2 is 1.04 bits per heavy atom. The topological polar surface area (TPSA) is 13.1 Å². The van der Waals surface area contributed by atoms with Crippen molar-refractivity contribution in [2.45, 2.75) is 0 Å². The maximum absolute atomic E-state index is 6.49. The summed E-state index contributed by atoms with van der Waals surface area (Å²) < 4.78 is 9.01. The Labute approximate surface area is 316 Å². The van der Waals surface area contributed by atoms with E-state index in [0.29, 0.717) is 0 Å². The van der Waals surface area contributed by atoms with E-state index in [4.69, 9.17) is 11.0 Å². The van der Waals surface area contributed by atoms with Crippen molar-refractivity contribution >= 4 is 80.4 Å². The summed E-state index contributed by atoms with van der Waals surface area (Å²) in [6.07, 6.45) is 0. The van der Waals surface area contributed by atoms with Gasteiger partial charge in [0.25, 0.3) is 0 Å². The first kappa shape index (κ1) is 30.8. The van der Waals surface area contributed by atoms with Gasteiger partial charge >= 0.3 is 0 Å². The fourth-order valence-electron chi connectivity index (χ4n) is 8.44. The van der Waals surface area contributed by atoms with Gasteiger partial charge in [0.2, 0.25) is 0 Å². The molecule has 0 fully saturated rings. The lowest BCUT2D eigenvalue weighted by Crippen LogP contribution is -1.92. The summed E-state index contributed by atoms with van der Waals surface area (Å²) in [5.41, 5.74) is 10.1. The maximum atomic E-state index is 6.49. The minimum Gasteiger partial charge on any atom is -0.456 e. The van der Waals surface area contributed by atoms with Crippen LogP contribution in [0.3, 0.4) is 0 Å². The number of hydrogen-bond acceptors (Lipinski definition) is 2. The van der Waals surface area contributed by atoms with Crippen LogP contribution in [0.4, 0.5) is 0 Å². The Morgan fingerprint density at radius 1 is 0.426 bits per heavy atom. The summed E-state index contributed by atoms with van der Waals surface area (Å²) in [5.74, 6) is 0.856. The van der Waals surface area contributed by atoms with E-state index in [1.54, 1.807) is 0 Å². The highest BCUT2D eigenvalue weighted by Gasteiger charge is 2.19. The van der Waals surface area contributed by atoms with Crippen LogP contribution < -0.4 is 0 Å². The smallest absolute Gasteiger partial charge is 0.136 e. The molecule has 0 saturated carbocycles. The van der Waals surface area contributed by atoms with Gasteiger partial charge in [-0.3, -0.25) is 0 Å². The van der Waals surface area contributed by atoms with E-state index in [-0.39, 0.29) is 0 Å². The van der Waals surface area contributed by atoms with Crippen molar-refractivity contribution in [2.24, 2.45) is 0 Å². The highest BCUT2D eigenvalue weighted by Crippen LogP contribution is 2.45. The van der Waals surface area contributed by atoms with Crippen LogP contribution >= 0.6 is 11.3 Å². The van der Waals surface area contributed by atoms with E-state index in [0.717, 1.165) is 39.0 Å². The van der Waals surface area contributed by atoms with Crippen molar-refractivity contribution in [2.75, 3.05) is 0 Å². The second-order valence-electron chi connectivity index (χ2n) is 14.1. The molecule has 0 radical (unpaired) electrons. The molecule has 0 aliphatic carbocycles. The summed E-state index contributed by atoms with van der Waals surface area (Å²) >= 11 is 1.82. The van der Waals surface area contributed by atoms with Crippen molar-refractivity contribution in [3.8, 4) is 33.6 Å². The Balaban J connectivity index is 1.06. The Morgan fingerprint density at radius 3 is 1.78 bits per heavy atom. The van der Waals surface area contributed by atoms with E-state index in [1.807, 2.05) is 23.5 Å². The highest BCUT2D eigenvalue weighted by molar-refractivity contribution is 7.25. The molecule has 0 atom stereocenters. The molecule has 1 nitrogen and oxygen atoms in total. The minimum absolute atomic E-state index is 0.856. The van der Waals surface area contributed by atoms with Gasteiger partial charge < -0.3 is 4.42 Å². The standard InChI is InChI=1S/C52H32OS/c1-32(44-30-46-39-16-10-12-22-49(39)54-50(46)31-45(44)48-29-37-15-5-11-21-47(37)53-48)34-23-24-36-28-38(26-25-35(36)27-34)52-42-19-8-6-17-40(42)51(33-13-3-2-4-14-33)41-18-7-9-20-43(41)52/h2-31H,1H2. The van der Waals surface area contributed by atoms with Crippen LogP contribution in [0.5, 0.6) is 0 Å². The Hall–Kier alpha value is -6.74. The monoisotopic (exact) mass is 704 g/mol. The Kier molecular flexibility index (Phi) is 6.95. The Bertz CT molecular complexity index is 3200. The highest BCUT2D eigenvalue weighted by atomic mass is 32.1. The molecule has 0 saturated heterocycles. The van der Waals surface area contributed by atoms with Crippen LogP contribution in [0.25, 0.3) is 103 Å². The zero-order valence-electron chi connectivity index (χ0n) is 29.3. The third-order valence-electron chi connectivity index (χ3n) is 11.0. The summed E-state index contributed by atoms with van der Waals surface area (Å²) in [4.78, 5) is 0. The molecule has 11 aromatic rings. The molecule has 0 N–H and O–H groups in total. The van der Waals surface area contributed by atoms with Crippen molar-refractivity contribution < 1.29 is 4.42 Å². The van der Waals surface area contributed by atoms with E-state index < -0.39 is 0 Å². The SMILES string of the molecule is C=C(c1ccc2cc(-c3c4ccccc4c(-c4ccccc4)c4ccccc34)ccc2c1)c1cc2c(cc1-c1cc3ccccc3o1)sc1ccccc12. The molecular weight excluding hydrogens is 673 g/mol. The number of furan rings is 1. The van der Waals surface area contributed by atoms with Crippen molar-refractivity contribution in [1.29, 1.82) is 0 Å². The largest absolute Gasteiger partial charge is 0.456 e. The predicted octanol–water partition coefficient (Wildman–Crippen LogP) is 15.3. The van der Waals surface area contributed by atoms with Crippen LogP contribution in [0, 0.1) is 0 Å². The number of hydrogen-bond donors (Lipinski definition) is 0. The number of rotatable bonds is 5. The van der Waals surface area contributed by atoms with Gasteiger partial charge in [-0.1, -0.05) is 146 Å². The van der Waals surface area contributed by atoms with Gasteiger partial charge in [-0.05, 0) is 114 Å². The molecule has 0 bridgehead atoms. The van der Waals surface area contributed by atoms with Gasteiger partial charge in [-0.2, -0.15) is 0 Å². The lowest BCUT2D eigenvalue weighted by molar-refractivity contribution is 0.631. The van der Waals surface area contributed by atoms with Crippen molar-refractivity contribution in [3.05, 3.63) is 200 Å². The van der Waals surface area contributed by atoms with Crippen molar-refractivity contribution in [1.82, 2.24) is 0 Å². The van der Waals surface area contributed by atoms with Gasteiger partial charge in [0, 0.05) is 31.1 Å². The lowest BCUT2D eigenvalue weighted by Gasteiger charge is -2.18. The average molecular weight is 705 g/mol. The second kappa shape index (κ2) is 12.2. The summed E-state index contributed by atoms with van der Waals surface area (Å²) in [5, 5.41) is 11.0. The quantitative estimate of drug-likeness (QED) is 0.163. The molecule has 0 spiro atoms. The van der Waals surface area contributed by atoms with Crippen LogP contribution in [-0.4, -0.2) is 0 Å². The fraction of sp³-hybridized carbons (Fsp3) is 0. The maximum Gasteiger partial charge on any atom is 0.136 e. The molecule has 0 aliphatic rings.